The van der Waals surface area contributed by atoms with E-state index < -0.39 is 0 Å². The topological polar surface area (TPSA) is 46.8 Å². The second-order valence-corrected chi connectivity index (χ2v) is 13.3. The summed E-state index contributed by atoms with van der Waals surface area (Å²) < 4.78 is 2.16. The largest absolute Gasteiger partial charge is 0.310 e. The average Bonchev–Trinajstić information content (AvgIpc) is 3.56. The Labute approximate surface area is 307 Å². The molecule has 0 amide bonds. The van der Waals surface area contributed by atoms with Gasteiger partial charge in [0.25, 0.3) is 0 Å². The summed E-state index contributed by atoms with van der Waals surface area (Å²) in [5.74, 6) is 1.81. The molecule has 53 heavy (non-hydrogen) atoms. The van der Waals surface area contributed by atoms with Crippen molar-refractivity contribution in [2.24, 2.45) is 0 Å². The van der Waals surface area contributed by atoms with Gasteiger partial charge in [-0.05, 0) is 82.8 Å². The summed E-state index contributed by atoms with van der Waals surface area (Å²) in [6, 6.07) is 53.2. The number of allylic oxidation sites excluding steroid dienone is 4. The molecule has 0 aliphatic carbocycles. The van der Waals surface area contributed by atoms with E-state index in [0.717, 1.165) is 60.8 Å². The van der Waals surface area contributed by atoms with Crippen molar-refractivity contribution < 1.29 is 0 Å². The van der Waals surface area contributed by atoms with Gasteiger partial charge in [0.1, 0.15) is 0 Å². The first-order valence-electron chi connectivity index (χ1n) is 17.8. The van der Waals surface area contributed by atoms with Gasteiger partial charge in [0.15, 0.2) is 11.6 Å². The molecule has 250 valence electrons. The minimum Gasteiger partial charge on any atom is -0.310 e. The Morgan fingerprint density at radius 1 is 0.547 bits per heavy atom. The molecular formula is C48H33N5. The van der Waals surface area contributed by atoms with Gasteiger partial charge >= 0.3 is 0 Å². The van der Waals surface area contributed by atoms with Crippen molar-refractivity contribution in [2.75, 3.05) is 4.90 Å². The molecule has 10 rings (SSSR count). The number of hydrogen-bond donors (Lipinski definition) is 0. The van der Waals surface area contributed by atoms with Crippen LogP contribution >= 0.6 is 0 Å². The monoisotopic (exact) mass is 679 g/mol. The SMILES string of the molecule is C=C/C=C\C1=C(C)c2cccc3cccc(c23)N1c1ccc(-c2nc(-c3cccc4ccccc34)nc(-n3c4ccccc4c4ccccc43)n2)cc1. The smallest absolute Gasteiger partial charge is 0.238 e. The Morgan fingerprint density at radius 3 is 1.89 bits per heavy atom. The molecule has 1 aliphatic rings. The number of benzene rings is 7. The van der Waals surface area contributed by atoms with Crippen LogP contribution in [0.2, 0.25) is 0 Å². The van der Waals surface area contributed by atoms with Crippen molar-refractivity contribution in [3.63, 3.8) is 0 Å². The van der Waals surface area contributed by atoms with E-state index in [9.17, 15) is 0 Å². The third-order valence-electron chi connectivity index (χ3n) is 10.4. The Balaban J connectivity index is 1.17. The molecule has 5 nitrogen and oxygen atoms in total. The molecule has 5 heteroatoms. The summed E-state index contributed by atoms with van der Waals surface area (Å²) in [6.07, 6.45) is 5.97. The molecule has 7 aromatic carbocycles. The first-order chi connectivity index (χ1) is 26.2. The van der Waals surface area contributed by atoms with Crippen LogP contribution in [-0.4, -0.2) is 19.5 Å². The molecule has 0 saturated carbocycles. The van der Waals surface area contributed by atoms with E-state index in [4.69, 9.17) is 15.0 Å². The minimum absolute atomic E-state index is 0.578. The van der Waals surface area contributed by atoms with E-state index in [2.05, 4.69) is 181 Å². The maximum Gasteiger partial charge on any atom is 0.238 e. The molecule has 0 unspecified atom stereocenters. The van der Waals surface area contributed by atoms with Crippen molar-refractivity contribution >= 4 is 60.3 Å². The summed E-state index contributed by atoms with van der Waals surface area (Å²) in [5.41, 5.74) is 9.72. The molecule has 0 radical (unpaired) electrons. The van der Waals surface area contributed by atoms with Crippen molar-refractivity contribution in [1.82, 2.24) is 19.5 Å². The van der Waals surface area contributed by atoms with Crippen LogP contribution in [0.3, 0.4) is 0 Å². The number of fused-ring (bicyclic) bond motifs is 4. The number of anilines is 2. The van der Waals surface area contributed by atoms with Crippen LogP contribution in [0.4, 0.5) is 11.4 Å². The molecule has 0 N–H and O–H groups in total. The summed E-state index contributed by atoms with van der Waals surface area (Å²) >= 11 is 0. The molecule has 0 fully saturated rings. The average molecular weight is 680 g/mol. The second kappa shape index (κ2) is 12.3. The third kappa shape index (κ3) is 4.89. The Bertz CT molecular complexity index is 2920. The fourth-order valence-electron chi connectivity index (χ4n) is 7.92. The van der Waals surface area contributed by atoms with Gasteiger partial charge in [-0.2, -0.15) is 9.97 Å². The highest BCUT2D eigenvalue weighted by atomic mass is 15.2. The van der Waals surface area contributed by atoms with E-state index >= 15 is 0 Å². The summed E-state index contributed by atoms with van der Waals surface area (Å²) in [6.45, 7) is 6.15. The van der Waals surface area contributed by atoms with Gasteiger partial charge < -0.3 is 4.90 Å². The van der Waals surface area contributed by atoms with Crippen LogP contribution in [0, 0.1) is 0 Å². The third-order valence-corrected chi connectivity index (χ3v) is 10.4. The zero-order chi connectivity index (χ0) is 35.5. The highest BCUT2D eigenvalue weighted by Crippen LogP contribution is 2.45. The number of para-hydroxylation sites is 2. The van der Waals surface area contributed by atoms with E-state index in [1.54, 1.807) is 0 Å². The van der Waals surface area contributed by atoms with Crippen molar-refractivity contribution in [1.29, 1.82) is 0 Å². The van der Waals surface area contributed by atoms with Crippen molar-refractivity contribution in [3.8, 4) is 28.7 Å². The fraction of sp³-hybridized carbons (Fsp3) is 0.0208. The maximum atomic E-state index is 5.22. The van der Waals surface area contributed by atoms with E-state index in [1.807, 2.05) is 12.2 Å². The quantitative estimate of drug-likeness (QED) is 0.164. The minimum atomic E-state index is 0.578. The molecule has 3 heterocycles. The zero-order valence-electron chi connectivity index (χ0n) is 29.1. The summed E-state index contributed by atoms with van der Waals surface area (Å²) in [7, 11) is 0. The van der Waals surface area contributed by atoms with Crippen LogP contribution in [0.1, 0.15) is 12.5 Å². The van der Waals surface area contributed by atoms with Gasteiger partial charge in [0.05, 0.1) is 16.7 Å². The lowest BCUT2D eigenvalue weighted by Crippen LogP contribution is -2.20. The molecule has 0 saturated heterocycles. The predicted octanol–water partition coefficient (Wildman–Crippen LogP) is 12.2. The Hall–Kier alpha value is -7.11. The molecule has 0 atom stereocenters. The molecule has 2 aromatic heterocycles. The zero-order valence-corrected chi connectivity index (χ0v) is 29.1. The van der Waals surface area contributed by atoms with E-state index in [-0.39, 0.29) is 0 Å². The van der Waals surface area contributed by atoms with Gasteiger partial charge in [0, 0.05) is 38.7 Å². The van der Waals surface area contributed by atoms with Crippen LogP contribution in [0.5, 0.6) is 0 Å². The van der Waals surface area contributed by atoms with Gasteiger partial charge in [-0.25, -0.2) is 4.98 Å². The van der Waals surface area contributed by atoms with E-state index in [0.29, 0.717) is 17.6 Å². The lowest BCUT2D eigenvalue weighted by atomic mass is 9.91. The standard InChI is InChI=1S/C48H33N5/c1-3-4-23-41-31(2)36-21-12-16-33-17-13-26-44(45(33)36)52(41)35-29-27-34(28-30-35)46-49-47(40-22-11-15-32-14-5-6-18-37(32)40)51-48(50-46)53-42-24-9-7-19-38(42)39-20-8-10-25-43(39)53/h3-30H,1H2,2H3/b23-4-. The van der Waals surface area contributed by atoms with Gasteiger partial charge in [-0.3, -0.25) is 4.57 Å². The first kappa shape index (κ1) is 30.7. The van der Waals surface area contributed by atoms with E-state index in [1.165, 1.54) is 21.9 Å². The number of nitrogens with zero attached hydrogens (tertiary/aromatic N) is 5. The van der Waals surface area contributed by atoms with Gasteiger partial charge in [-0.15, -0.1) is 0 Å². The Kier molecular flexibility index (Phi) is 7.12. The predicted molar refractivity (Wildman–Crippen MR) is 221 cm³/mol. The highest BCUT2D eigenvalue weighted by Gasteiger charge is 2.25. The first-order valence-corrected chi connectivity index (χ1v) is 17.8. The van der Waals surface area contributed by atoms with Crippen LogP contribution in [0.15, 0.2) is 182 Å². The molecule has 1 aliphatic heterocycles. The molecular weight excluding hydrogens is 647 g/mol. The Morgan fingerprint density at radius 2 is 1.15 bits per heavy atom. The normalized spacial score (nSPS) is 12.9. The molecule has 0 bridgehead atoms. The molecule has 0 spiro atoms. The summed E-state index contributed by atoms with van der Waals surface area (Å²) in [4.78, 5) is 18.0. The second-order valence-electron chi connectivity index (χ2n) is 13.3. The lowest BCUT2D eigenvalue weighted by Gasteiger charge is -2.34. The van der Waals surface area contributed by atoms with Crippen LogP contribution < -0.4 is 4.90 Å². The van der Waals surface area contributed by atoms with Crippen molar-refractivity contribution in [2.45, 2.75) is 6.92 Å². The maximum absolute atomic E-state index is 5.22. The van der Waals surface area contributed by atoms with Gasteiger partial charge in [-0.1, -0.05) is 128 Å². The highest BCUT2D eigenvalue weighted by molar-refractivity contribution is 6.10. The van der Waals surface area contributed by atoms with Crippen LogP contribution in [0.25, 0.3) is 77.6 Å². The lowest BCUT2D eigenvalue weighted by molar-refractivity contribution is 0.954. The number of rotatable bonds is 6. The number of aromatic nitrogens is 4. The van der Waals surface area contributed by atoms with Gasteiger partial charge in [0.2, 0.25) is 5.95 Å². The fourth-order valence-corrected chi connectivity index (χ4v) is 7.92. The van der Waals surface area contributed by atoms with Crippen molar-refractivity contribution in [3.05, 3.63) is 188 Å². The van der Waals surface area contributed by atoms with Crippen LogP contribution in [-0.2, 0) is 0 Å². The number of hydrogen-bond acceptors (Lipinski definition) is 4. The molecule has 9 aromatic rings. The summed E-state index contributed by atoms with van der Waals surface area (Å²) in [5, 5.41) is 7.01.